The fourth-order valence-corrected chi connectivity index (χ4v) is 0.874. The Morgan fingerprint density at radius 3 is 2.71 bits per heavy atom. The number of ether oxygens (including phenoxy) is 3. The van der Waals surface area contributed by atoms with Gasteiger partial charge in [-0.25, -0.2) is 4.79 Å². The third-order valence-electron chi connectivity index (χ3n) is 1.45. The van der Waals surface area contributed by atoms with Crippen molar-refractivity contribution in [3.05, 3.63) is 12.7 Å². The Balaban J connectivity index is 3.76. The van der Waals surface area contributed by atoms with Gasteiger partial charge in [-0.05, 0) is 6.42 Å². The highest BCUT2D eigenvalue weighted by atomic mass is 16.6. The van der Waals surface area contributed by atoms with E-state index < -0.39 is 5.97 Å². The van der Waals surface area contributed by atoms with Crippen LogP contribution in [0.25, 0.3) is 0 Å². The molecule has 0 spiro atoms. The third-order valence-corrected chi connectivity index (χ3v) is 1.45. The van der Waals surface area contributed by atoms with Gasteiger partial charge in [0.05, 0.1) is 13.2 Å². The number of esters is 1. The highest BCUT2D eigenvalue weighted by Gasteiger charge is 2.12. The zero-order valence-corrected chi connectivity index (χ0v) is 8.82. The number of carbonyl (C=O) groups excluding carboxylic acids is 1. The van der Waals surface area contributed by atoms with Crippen LogP contribution >= 0.6 is 0 Å². The van der Waals surface area contributed by atoms with E-state index in [-0.39, 0.29) is 6.10 Å². The molecule has 0 saturated carbocycles. The van der Waals surface area contributed by atoms with Crippen molar-refractivity contribution in [3.8, 4) is 0 Å². The molecule has 0 aromatic carbocycles. The molecule has 1 unspecified atom stereocenters. The number of carbonyl (C=O) groups is 1. The van der Waals surface area contributed by atoms with Crippen molar-refractivity contribution in [2.24, 2.45) is 0 Å². The van der Waals surface area contributed by atoms with Gasteiger partial charge in [-0.15, -0.1) is 0 Å². The number of rotatable bonds is 8. The van der Waals surface area contributed by atoms with Crippen LogP contribution in [-0.4, -0.2) is 39.0 Å². The molecular formula is C10H18O4. The van der Waals surface area contributed by atoms with E-state index in [4.69, 9.17) is 14.2 Å². The van der Waals surface area contributed by atoms with Crippen molar-refractivity contribution < 1.29 is 19.0 Å². The predicted molar refractivity (Wildman–Crippen MR) is 53.1 cm³/mol. The smallest absolute Gasteiger partial charge is 0.330 e. The lowest BCUT2D eigenvalue weighted by atomic mass is 10.4. The average Bonchev–Trinajstić information content (AvgIpc) is 2.18. The quantitative estimate of drug-likeness (QED) is 0.336. The molecule has 0 heterocycles. The normalized spacial score (nSPS) is 12.1. The summed E-state index contributed by atoms with van der Waals surface area (Å²) in [6.07, 6.45) is 1.72. The standard InChI is InChI=1S/C10H18O4/c1-4-6-13-8-9(7-12-3)14-10(11)5-2/h5,9H,2,4,6-8H2,1,3H3. The van der Waals surface area contributed by atoms with E-state index in [0.29, 0.717) is 19.8 Å². The van der Waals surface area contributed by atoms with Crippen molar-refractivity contribution in [2.75, 3.05) is 26.9 Å². The maximum Gasteiger partial charge on any atom is 0.330 e. The van der Waals surface area contributed by atoms with Crippen LogP contribution < -0.4 is 0 Å². The molecule has 4 nitrogen and oxygen atoms in total. The summed E-state index contributed by atoms with van der Waals surface area (Å²) in [7, 11) is 1.55. The molecule has 0 aromatic rings. The molecule has 82 valence electrons. The first kappa shape index (κ1) is 13.1. The van der Waals surface area contributed by atoms with E-state index in [9.17, 15) is 4.79 Å². The van der Waals surface area contributed by atoms with E-state index in [1.807, 2.05) is 6.92 Å². The van der Waals surface area contributed by atoms with Crippen LogP contribution in [0.5, 0.6) is 0 Å². The van der Waals surface area contributed by atoms with Crippen LogP contribution in [0.3, 0.4) is 0 Å². The molecule has 0 amide bonds. The molecule has 0 aromatic heterocycles. The summed E-state index contributed by atoms with van der Waals surface area (Å²) in [4.78, 5) is 10.9. The lowest BCUT2D eigenvalue weighted by molar-refractivity contribution is -0.149. The Morgan fingerprint density at radius 2 is 2.21 bits per heavy atom. The Kier molecular flexibility index (Phi) is 8.17. The maximum absolute atomic E-state index is 10.9. The van der Waals surface area contributed by atoms with Gasteiger partial charge in [-0.3, -0.25) is 0 Å². The molecule has 0 aliphatic carbocycles. The zero-order valence-electron chi connectivity index (χ0n) is 8.82. The Hall–Kier alpha value is -0.870. The molecule has 0 bridgehead atoms. The fraction of sp³-hybridized carbons (Fsp3) is 0.700. The molecule has 0 aliphatic rings. The van der Waals surface area contributed by atoms with Gasteiger partial charge in [0.25, 0.3) is 0 Å². The highest BCUT2D eigenvalue weighted by molar-refractivity contribution is 5.81. The summed E-state index contributed by atoms with van der Waals surface area (Å²) in [5.74, 6) is -0.452. The second kappa shape index (κ2) is 8.72. The van der Waals surface area contributed by atoms with Gasteiger partial charge in [0.2, 0.25) is 0 Å². The monoisotopic (exact) mass is 202 g/mol. The third kappa shape index (κ3) is 6.62. The molecule has 0 saturated heterocycles. The minimum atomic E-state index is -0.452. The van der Waals surface area contributed by atoms with Crippen LogP contribution in [0.1, 0.15) is 13.3 Å². The van der Waals surface area contributed by atoms with E-state index in [0.717, 1.165) is 12.5 Å². The van der Waals surface area contributed by atoms with Gasteiger partial charge < -0.3 is 14.2 Å². The molecule has 0 rings (SSSR count). The molecule has 4 heteroatoms. The summed E-state index contributed by atoms with van der Waals surface area (Å²) in [6, 6.07) is 0. The van der Waals surface area contributed by atoms with Gasteiger partial charge >= 0.3 is 5.97 Å². The minimum absolute atomic E-state index is 0.337. The molecular weight excluding hydrogens is 184 g/mol. The topological polar surface area (TPSA) is 44.8 Å². The lowest BCUT2D eigenvalue weighted by Gasteiger charge is -2.15. The van der Waals surface area contributed by atoms with Crippen LogP contribution in [0.15, 0.2) is 12.7 Å². The summed E-state index contributed by atoms with van der Waals surface area (Å²) < 4.78 is 15.1. The van der Waals surface area contributed by atoms with E-state index in [1.165, 1.54) is 0 Å². The Morgan fingerprint density at radius 1 is 1.50 bits per heavy atom. The summed E-state index contributed by atoms with van der Waals surface area (Å²) in [5, 5.41) is 0. The van der Waals surface area contributed by atoms with E-state index in [2.05, 4.69) is 6.58 Å². The van der Waals surface area contributed by atoms with Crippen LogP contribution in [0.4, 0.5) is 0 Å². The number of hydrogen-bond acceptors (Lipinski definition) is 4. The molecule has 1 atom stereocenters. The number of hydrogen-bond donors (Lipinski definition) is 0. The van der Waals surface area contributed by atoms with Crippen LogP contribution in [0, 0.1) is 0 Å². The SMILES string of the molecule is C=CC(=O)OC(COC)COCCC. The molecule has 14 heavy (non-hydrogen) atoms. The van der Waals surface area contributed by atoms with Crippen molar-refractivity contribution >= 4 is 5.97 Å². The maximum atomic E-state index is 10.9. The van der Waals surface area contributed by atoms with Crippen molar-refractivity contribution in [1.82, 2.24) is 0 Å². The highest BCUT2D eigenvalue weighted by Crippen LogP contribution is 1.96. The Bertz CT molecular complexity index is 168. The first-order chi connectivity index (χ1) is 6.74. The summed E-state index contributed by atoms with van der Waals surface area (Å²) in [5.41, 5.74) is 0. The first-order valence-corrected chi connectivity index (χ1v) is 4.64. The summed E-state index contributed by atoms with van der Waals surface area (Å²) >= 11 is 0. The fourth-order valence-electron chi connectivity index (χ4n) is 0.874. The van der Waals surface area contributed by atoms with Gasteiger partial charge in [0.15, 0.2) is 0 Å². The predicted octanol–water partition coefficient (Wildman–Crippen LogP) is 1.16. The van der Waals surface area contributed by atoms with Crippen molar-refractivity contribution in [2.45, 2.75) is 19.4 Å². The van der Waals surface area contributed by atoms with E-state index >= 15 is 0 Å². The first-order valence-electron chi connectivity index (χ1n) is 4.64. The zero-order chi connectivity index (χ0) is 10.8. The summed E-state index contributed by atoms with van der Waals surface area (Å²) in [6.45, 7) is 6.69. The van der Waals surface area contributed by atoms with Gasteiger partial charge in [0.1, 0.15) is 6.10 Å². The van der Waals surface area contributed by atoms with Crippen LogP contribution in [-0.2, 0) is 19.0 Å². The lowest BCUT2D eigenvalue weighted by Crippen LogP contribution is -2.27. The second-order valence-electron chi connectivity index (χ2n) is 2.79. The molecule has 0 aliphatic heterocycles. The molecule has 0 N–H and O–H groups in total. The average molecular weight is 202 g/mol. The van der Waals surface area contributed by atoms with Gasteiger partial charge in [-0.2, -0.15) is 0 Å². The van der Waals surface area contributed by atoms with E-state index in [1.54, 1.807) is 7.11 Å². The molecule has 0 radical (unpaired) electrons. The van der Waals surface area contributed by atoms with Crippen molar-refractivity contribution in [3.63, 3.8) is 0 Å². The largest absolute Gasteiger partial charge is 0.454 e. The Labute approximate surface area is 84.8 Å². The second-order valence-corrected chi connectivity index (χ2v) is 2.79. The molecule has 0 fully saturated rings. The minimum Gasteiger partial charge on any atom is -0.454 e. The van der Waals surface area contributed by atoms with Gasteiger partial charge in [0, 0.05) is 19.8 Å². The van der Waals surface area contributed by atoms with Crippen LogP contribution in [0.2, 0.25) is 0 Å². The number of methoxy groups -OCH3 is 1. The van der Waals surface area contributed by atoms with Gasteiger partial charge in [-0.1, -0.05) is 13.5 Å². The van der Waals surface area contributed by atoms with Crippen molar-refractivity contribution in [1.29, 1.82) is 0 Å².